The van der Waals surface area contributed by atoms with Crippen molar-refractivity contribution < 1.29 is 14.7 Å². The van der Waals surface area contributed by atoms with Gasteiger partial charge in [-0.2, -0.15) is 0 Å². The Labute approximate surface area is 168 Å². The normalized spacial score (nSPS) is 16.0. The first-order valence-corrected chi connectivity index (χ1v) is 9.57. The summed E-state index contributed by atoms with van der Waals surface area (Å²) in [7, 11) is 0. The number of phenols is 1. The first-order chi connectivity index (χ1) is 13.9. The van der Waals surface area contributed by atoms with E-state index in [1.54, 1.807) is 36.4 Å². The summed E-state index contributed by atoms with van der Waals surface area (Å²) in [6.45, 7) is 4.78. The van der Waals surface area contributed by atoms with Crippen molar-refractivity contribution in [2.75, 3.05) is 5.32 Å². The van der Waals surface area contributed by atoms with Crippen molar-refractivity contribution in [1.29, 1.82) is 0 Å². The highest BCUT2D eigenvalue weighted by Gasteiger charge is 2.28. The van der Waals surface area contributed by atoms with Crippen LogP contribution >= 0.6 is 0 Å². The lowest BCUT2D eigenvalue weighted by molar-refractivity contribution is -0.117. The van der Waals surface area contributed by atoms with Crippen LogP contribution in [0.2, 0.25) is 0 Å². The van der Waals surface area contributed by atoms with Crippen LogP contribution < -0.4 is 10.6 Å². The Kier molecular flexibility index (Phi) is 4.84. The van der Waals surface area contributed by atoms with Crippen molar-refractivity contribution in [3.05, 3.63) is 71.4 Å². The van der Waals surface area contributed by atoms with Crippen LogP contribution in [0.4, 0.5) is 5.69 Å². The third-order valence-corrected chi connectivity index (χ3v) is 5.12. The molecule has 1 aliphatic rings. The number of hydrogen-bond donors (Lipinski definition) is 3. The Hall–Kier alpha value is -3.54. The van der Waals surface area contributed by atoms with E-state index in [2.05, 4.69) is 21.3 Å². The smallest absolute Gasteiger partial charge is 0.254 e. The molecule has 3 N–H and O–H groups in total. The van der Waals surface area contributed by atoms with Crippen LogP contribution in [-0.4, -0.2) is 27.5 Å². The van der Waals surface area contributed by atoms with E-state index in [4.69, 9.17) is 0 Å². The minimum Gasteiger partial charge on any atom is -0.508 e. The molecule has 0 bridgehead atoms. The summed E-state index contributed by atoms with van der Waals surface area (Å²) in [4.78, 5) is 25.4. The van der Waals surface area contributed by atoms with Crippen molar-refractivity contribution in [2.24, 2.45) is 0 Å². The number of aromatic nitrogens is 1. The molecule has 2 amide bonds. The molecule has 29 heavy (non-hydrogen) atoms. The fourth-order valence-corrected chi connectivity index (χ4v) is 3.63. The number of allylic oxidation sites excluding steroid dienone is 2. The van der Waals surface area contributed by atoms with Crippen molar-refractivity contribution in [2.45, 2.75) is 32.9 Å². The fourth-order valence-electron chi connectivity index (χ4n) is 3.63. The second-order valence-electron chi connectivity index (χ2n) is 7.55. The second kappa shape index (κ2) is 7.47. The summed E-state index contributed by atoms with van der Waals surface area (Å²) in [5.41, 5.74) is 4.04. The highest BCUT2D eigenvalue weighted by atomic mass is 16.3. The van der Waals surface area contributed by atoms with E-state index in [9.17, 15) is 14.7 Å². The van der Waals surface area contributed by atoms with Gasteiger partial charge in [0.25, 0.3) is 5.91 Å². The molecule has 1 aliphatic heterocycles. The number of nitrogens with one attached hydrogen (secondary N) is 2. The van der Waals surface area contributed by atoms with Gasteiger partial charge < -0.3 is 20.3 Å². The van der Waals surface area contributed by atoms with Crippen LogP contribution in [0.1, 0.15) is 29.8 Å². The molecule has 2 aromatic carbocycles. The quantitative estimate of drug-likeness (QED) is 0.596. The number of benzene rings is 2. The Morgan fingerprint density at radius 3 is 2.76 bits per heavy atom. The molecule has 0 spiro atoms. The van der Waals surface area contributed by atoms with Gasteiger partial charge in [0.2, 0.25) is 5.91 Å². The largest absolute Gasteiger partial charge is 0.508 e. The maximum Gasteiger partial charge on any atom is 0.254 e. The van der Waals surface area contributed by atoms with Gasteiger partial charge in [0.1, 0.15) is 11.8 Å². The van der Waals surface area contributed by atoms with Crippen LogP contribution in [0.3, 0.4) is 0 Å². The molecule has 6 nitrogen and oxygen atoms in total. The lowest BCUT2D eigenvalue weighted by Gasteiger charge is -2.14. The molecule has 0 saturated heterocycles. The van der Waals surface area contributed by atoms with E-state index in [0.29, 0.717) is 24.2 Å². The zero-order valence-corrected chi connectivity index (χ0v) is 16.4. The molecule has 4 rings (SSSR count). The minimum absolute atomic E-state index is 0.167. The van der Waals surface area contributed by atoms with E-state index in [1.807, 2.05) is 26.1 Å². The summed E-state index contributed by atoms with van der Waals surface area (Å²) >= 11 is 0. The molecule has 1 atom stereocenters. The Morgan fingerprint density at radius 2 is 1.97 bits per heavy atom. The minimum atomic E-state index is -0.709. The molecule has 2 heterocycles. The molecule has 1 aromatic heterocycles. The van der Waals surface area contributed by atoms with Gasteiger partial charge in [-0.25, -0.2) is 0 Å². The number of nitrogens with zero attached hydrogens (tertiary/aromatic N) is 1. The molecule has 0 unspecified atom stereocenters. The number of carbonyl (C=O) groups is 2. The lowest BCUT2D eigenvalue weighted by Crippen LogP contribution is -2.42. The number of aromatic hydroxyl groups is 1. The van der Waals surface area contributed by atoms with Crippen LogP contribution in [0, 0.1) is 0 Å². The Morgan fingerprint density at radius 1 is 1.17 bits per heavy atom. The number of anilines is 1. The first kappa shape index (κ1) is 18.8. The van der Waals surface area contributed by atoms with Crippen LogP contribution in [0.25, 0.3) is 10.9 Å². The average Bonchev–Trinajstić information content (AvgIpc) is 2.96. The van der Waals surface area contributed by atoms with E-state index >= 15 is 0 Å². The van der Waals surface area contributed by atoms with Gasteiger partial charge in [-0.15, -0.1) is 0 Å². The number of rotatable bonds is 4. The zero-order chi connectivity index (χ0) is 20.5. The first-order valence-electron chi connectivity index (χ1n) is 9.57. The number of hydrogen-bond acceptors (Lipinski definition) is 3. The maximum atomic E-state index is 12.8. The van der Waals surface area contributed by atoms with Crippen molar-refractivity contribution >= 4 is 28.4 Å². The summed E-state index contributed by atoms with van der Waals surface area (Å²) in [6, 6.07) is 11.5. The van der Waals surface area contributed by atoms with Crippen molar-refractivity contribution in [1.82, 2.24) is 9.88 Å². The SMILES string of the molecule is CC(C)=CCn1cc(C[C@H]2NC(=O)c3ccccc3NC2=O)c2cc(O)ccc21. The molecule has 148 valence electrons. The average molecular weight is 389 g/mol. The van der Waals surface area contributed by atoms with E-state index in [0.717, 1.165) is 16.5 Å². The van der Waals surface area contributed by atoms with Gasteiger partial charge >= 0.3 is 0 Å². The second-order valence-corrected chi connectivity index (χ2v) is 7.55. The number of fused-ring (bicyclic) bond motifs is 2. The molecule has 3 aromatic rings. The van der Waals surface area contributed by atoms with Crippen molar-refractivity contribution in [3.63, 3.8) is 0 Å². The molecule has 0 fully saturated rings. The number of carbonyl (C=O) groups excluding carboxylic acids is 2. The number of amides is 2. The van der Waals surface area contributed by atoms with Gasteiger partial charge in [-0.05, 0) is 49.7 Å². The Balaban J connectivity index is 1.69. The van der Waals surface area contributed by atoms with E-state index < -0.39 is 6.04 Å². The van der Waals surface area contributed by atoms with Gasteiger partial charge in [-0.3, -0.25) is 9.59 Å². The van der Waals surface area contributed by atoms with Crippen LogP contribution in [-0.2, 0) is 17.8 Å². The molecular formula is C23H23N3O3. The van der Waals surface area contributed by atoms with Crippen molar-refractivity contribution in [3.8, 4) is 5.75 Å². The third kappa shape index (κ3) is 3.74. The molecule has 6 heteroatoms. The summed E-state index contributed by atoms with van der Waals surface area (Å²) in [5.74, 6) is -0.366. The van der Waals surface area contributed by atoms with Gasteiger partial charge in [0.15, 0.2) is 0 Å². The number of phenolic OH excluding ortho intramolecular Hbond substituents is 1. The highest BCUT2D eigenvalue weighted by molar-refractivity contribution is 6.10. The predicted molar refractivity (Wildman–Crippen MR) is 113 cm³/mol. The topological polar surface area (TPSA) is 83.4 Å². The molecular weight excluding hydrogens is 366 g/mol. The molecule has 0 saturated carbocycles. The maximum absolute atomic E-state index is 12.8. The van der Waals surface area contributed by atoms with E-state index in [1.165, 1.54) is 5.57 Å². The predicted octanol–water partition coefficient (Wildman–Crippen LogP) is 3.61. The summed E-state index contributed by atoms with van der Waals surface area (Å²) < 4.78 is 2.09. The summed E-state index contributed by atoms with van der Waals surface area (Å²) in [6.07, 6.45) is 4.43. The third-order valence-electron chi connectivity index (χ3n) is 5.12. The van der Waals surface area contributed by atoms with Gasteiger partial charge in [0, 0.05) is 30.1 Å². The highest BCUT2D eigenvalue weighted by Crippen LogP contribution is 2.28. The standard InChI is InChI=1S/C23H23N3O3/c1-14(2)9-10-26-13-15(18-12-16(27)7-8-21(18)26)11-20-23(29)24-19-6-4-3-5-17(19)22(28)25-20/h3-9,12-13,20,27H,10-11H2,1-2H3,(H,24,29)(H,25,28)/t20-/m1/s1. The van der Waals surface area contributed by atoms with Crippen LogP contribution in [0.5, 0.6) is 5.75 Å². The monoisotopic (exact) mass is 389 g/mol. The lowest BCUT2D eigenvalue weighted by atomic mass is 10.0. The van der Waals surface area contributed by atoms with Crippen LogP contribution in [0.15, 0.2) is 60.3 Å². The molecule has 0 radical (unpaired) electrons. The summed E-state index contributed by atoms with van der Waals surface area (Å²) in [5, 5.41) is 16.5. The number of para-hydroxylation sites is 1. The Bertz CT molecular complexity index is 1140. The van der Waals surface area contributed by atoms with E-state index in [-0.39, 0.29) is 17.6 Å². The van der Waals surface area contributed by atoms with Gasteiger partial charge in [-0.1, -0.05) is 23.8 Å². The molecule has 0 aliphatic carbocycles. The fraction of sp³-hybridized carbons (Fsp3) is 0.217. The zero-order valence-electron chi connectivity index (χ0n) is 16.4. The van der Waals surface area contributed by atoms with Gasteiger partial charge in [0.05, 0.1) is 11.3 Å².